The highest BCUT2D eigenvalue weighted by atomic mass is 16.1. The van der Waals surface area contributed by atoms with Gasteiger partial charge in [-0.1, -0.05) is 17.3 Å². The Hall–Kier alpha value is -2.96. The number of nitrogens with one attached hydrogen (secondary N) is 1. The predicted molar refractivity (Wildman–Crippen MR) is 86.2 cm³/mol. The summed E-state index contributed by atoms with van der Waals surface area (Å²) >= 11 is 0. The highest BCUT2D eigenvalue weighted by Crippen LogP contribution is 2.11. The van der Waals surface area contributed by atoms with Crippen molar-refractivity contribution in [1.82, 2.24) is 24.8 Å². The van der Waals surface area contributed by atoms with E-state index < -0.39 is 0 Å². The minimum absolute atomic E-state index is 0.208. The van der Waals surface area contributed by atoms with Crippen LogP contribution in [0.1, 0.15) is 27.3 Å². The van der Waals surface area contributed by atoms with Crippen molar-refractivity contribution in [2.75, 3.05) is 5.32 Å². The number of carbonyl (C=O) groups is 1. The SMILES string of the molecule is Cc1cc(C)n(Cc2cccc(C(=O)Nc3cn(C)nn3)c2)n1. The van der Waals surface area contributed by atoms with Gasteiger partial charge in [0.05, 0.1) is 18.4 Å². The molecule has 0 aliphatic carbocycles. The Kier molecular flexibility index (Phi) is 3.92. The standard InChI is InChI=1S/C16H18N6O/c1-11-7-12(2)22(19-11)9-13-5-4-6-14(8-13)16(23)17-15-10-21(3)20-18-15/h4-8,10H,9H2,1-3H3,(H,17,23). The van der Waals surface area contributed by atoms with Crippen LogP contribution < -0.4 is 5.32 Å². The third-order valence-corrected chi connectivity index (χ3v) is 3.47. The van der Waals surface area contributed by atoms with Crippen LogP contribution in [0.3, 0.4) is 0 Å². The van der Waals surface area contributed by atoms with E-state index in [9.17, 15) is 4.79 Å². The molecule has 0 bridgehead atoms. The van der Waals surface area contributed by atoms with Crippen molar-refractivity contribution in [3.05, 3.63) is 59.0 Å². The Morgan fingerprint density at radius 3 is 2.74 bits per heavy atom. The van der Waals surface area contributed by atoms with Crippen LogP contribution in [-0.2, 0) is 13.6 Å². The maximum Gasteiger partial charge on any atom is 0.256 e. The molecule has 0 radical (unpaired) electrons. The van der Waals surface area contributed by atoms with Crippen LogP contribution in [-0.4, -0.2) is 30.7 Å². The summed E-state index contributed by atoms with van der Waals surface area (Å²) in [6, 6.07) is 9.52. The summed E-state index contributed by atoms with van der Waals surface area (Å²) in [6.07, 6.45) is 1.65. The summed E-state index contributed by atoms with van der Waals surface area (Å²) in [5.74, 6) is 0.224. The molecule has 1 amide bonds. The Labute approximate surface area is 133 Å². The topological polar surface area (TPSA) is 77.6 Å². The average Bonchev–Trinajstić information content (AvgIpc) is 3.05. The van der Waals surface area contributed by atoms with E-state index in [4.69, 9.17) is 0 Å². The van der Waals surface area contributed by atoms with E-state index in [2.05, 4.69) is 20.7 Å². The molecule has 3 rings (SSSR count). The van der Waals surface area contributed by atoms with Gasteiger partial charge in [0, 0.05) is 18.3 Å². The van der Waals surface area contributed by atoms with Gasteiger partial charge in [0.15, 0.2) is 5.82 Å². The highest BCUT2D eigenvalue weighted by molar-refractivity contribution is 6.03. The van der Waals surface area contributed by atoms with Gasteiger partial charge in [-0.25, -0.2) is 0 Å². The Morgan fingerprint density at radius 1 is 1.26 bits per heavy atom. The number of rotatable bonds is 4. The van der Waals surface area contributed by atoms with Gasteiger partial charge in [-0.15, -0.1) is 5.10 Å². The van der Waals surface area contributed by atoms with E-state index >= 15 is 0 Å². The summed E-state index contributed by atoms with van der Waals surface area (Å²) in [7, 11) is 1.75. The van der Waals surface area contributed by atoms with Crippen LogP contribution in [0.4, 0.5) is 5.82 Å². The van der Waals surface area contributed by atoms with E-state index in [1.807, 2.05) is 42.8 Å². The molecule has 0 saturated heterocycles. The maximum atomic E-state index is 12.3. The van der Waals surface area contributed by atoms with Crippen molar-refractivity contribution in [2.24, 2.45) is 7.05 Å². The van der Waals surface area contributed by atoms with Crippen LogP contribution in [0, 0.1) is 13.8 Å². The van der Waals surface area contributed by atoms with Gasteiger partial charge >= 0.3 is 0 Å². The quantitative estimate of drug-likeness (QED) is 0.798. The molecule has 7 heteroatoms. The van der Waals surface area contributed by atoms with Crippen LogP contribution in [0.25, 0.3) is 0 Å². The number of carbonyl (C=O) groups excluding carboxylic acids is 1. The smallest absolute Gasteiger partial charge is 0.256 e. The second-order valence-corrected chi connectivity index (χ2v) is 5.52. The zero-order chi connectivity index (χ0) is 16.4. The van der Waals surface area contributed by atoms with Crippen molar-refractivity contribution in [1.29, 1.82) is 0 Å². The van der Waals surface area contributed by atoms with E-state index in [0.717, 1.165) is 17.0 Å². The van der Waals surface area contributed by atoms with Crippen LogP contribution >= 0.6 is 0 Å². The molecule has 7 nitrogen and oxygen atoms in total. The normalized spacial score (nSPS) is 10.7. The van der Waals surface area contributed by atoms with Crippen molar-refractivity contribution in [3.8, 4) is 0 Å². The van der Waals surface area contributed by atoms with Gasteiger partial charge in [-0.05, 0) is 37.6 Å². The number of amides is 1. The number of aryl methyl sites for hydroxylation is 3. The number of anilines is 1. The maximum absolute atomic E-state index is 12.3. The molecule has 0 fully saturated rings. The van der Waals surface area contributed by atoms with Crippen LogP contribution in [0.2, 0.25) is 0 Å². The van der Waals surface area contributed by atoms with Crippen molar-refractivity contribution >= 4 is 11.7 Å². The van der Waals surface area contributed by atoms with E-state index in [0.29, 0.717) is 17.9 Å². The lowest BCUT2D eigenvalue weighted by atomic mass is 10.1. The first-order valence-corrected chi connectivity index (χ1v) is 7.29. The fourth-order valence-corrected chi connectivity index (χ4v) is 2.41. The predicted octanol–water partition coefficient (Wildman–Crippen LogP) is 1.93. The minimum Gasteiger partial charge on any atom is -0.304 e. The van der Waals surface area contributed by atoms with Gasteiger partial charge in [0.2, 0.25) is 0 Å². The zero-order valence-electron chi connectivity index (χ0n) is 13.3. The molecular formula is C16H18N6O. The summed E-state index contributed by atoms with van der Waals surface area (Å²) in [5.41, 5.74) is 3.67. The molecule has 0 saturated carbocycles. The summed E-state index contributed by atoms with van der Waals surface area (Å²) in [6.45, 7) is 4.62. The van der Waals surface area contributed by atoms with E-state index in [-0.39, 0.29) is 5.91 Å². The monoisotopic (exact) mass is 310 g/mol. The fourth-order valence-electron chi connectivity index (χ4n) is 2.41. The molecule has 1 aromatic carbocycles. The van der Waals surface area contributed by atoms with E-state index in [1.54, 1.807) is 19.3 Å². The van der Waals surface area contributed by atoms with E-state index in [1.165, 1.54) is 4.68 Å². The van der Waals surface area contributed by atoms with Gasteiger partial charge in [0.1, 0.15) is 0 Å². The number of hydrogen-bond donors (Lipinski definition) is 1. The number of aromatic nitrogens is 5. The molecule has 1 N–H and O–H groups in total. The Balaban J connectivity index is 1.76. The molecule has 0 spiro atoms. The fraction of sp³-hybridized carbons (Fsp3) is 0.250. The first-order chi connectivity index (χ1) is 11.0. The minimum atomic E-state index is -0.208. The summed E-state index contributed by atoms with van der Waals surface area (Å²) < 4.78 is 3.46. The Bertz CT molecular complexity index is 848. The number of hydrogen-bond acceptors (Lipinski definition) is 4. The second kappa shape index (κ2) is 6.04. The van der Waals surface area contributed by atoms with Crippen molar-refractivity contribution in [3.63, 3.8) is 0 Å². The molecule has 3 aromatic rings. The number of benzene rings is 1. The second-order valence-electron chi connectivity index (χ2n) is 5.52. The third kappa shape index (κ3) is 3.45. The molecular weight excluding hydrogens is 292 g/mol. The molecule has 0 aliphatic rings. The molecule has 118 valence electrons. The lowest BCUT2D eigenvalue weighted by Crippen LogP contribution is -2.13. The molecule has 0 unspecified atom stereocenters. The molecule has 0 atom stereocenters. The average molecular weight is 310 g/mol. The largest absolute Gasteiger partial charge is 0.304 e. The molecule has 0 aliphatic heterocycles. The molecule has 2 aromatic heterocycles. The third-order valence-electron chi connectivity index (χ3n) is 3.47. The van der Waals surface area contributed by atoms with Crippen molar-refractivity contribution in [2.45, 2.75) is 20.4 Å². The first-order valence-electron chi connectivity index (χ1n) is 7.29. The number of nitrogens with zero attached hydrogens (tertiary/aromatic N) is 5. The Morgan fingerprint density at radius 2 is 2.09 bits per heavy atom. The van der Waals surface area contributed by atoms with Gasteiger partial charge in [-0.2, -0.15) is 5.10 Å². The lowest BCUT2D eigenvalue weighted by molar-refractivity contribution is 0.102. The van der Waals surface area contributed by atoms with Crippen molar-refractivity contribution < 1.29 is 4.79 Å². The van der Waals surface area contributed by atoms with Gasteiger partial charge < -0.3 is 5.32 Å². The molecule has 23 heavy (non-hydrogen) atoms. The summed E-state index contributed by atoms with van der Waals surface area (Å²) in [4.78, 5) is 12.3. The van der Waals surface area contributed by atoms with Crippen LogP contribution in [0.5, 0.6) is 0 Å². The highest BCUT2D eigenvalue weighted by Gasteiger charge is 2.10. The van der Waals surface area contributed by atoms with Gasteiger partial charge in [0.25, 0.3) is 5.91 Å². The zero-order valence-corrected chi connectivity index (χ0v) is 13.3. The first kappa shape index (κ1) is 15.0. The van der Waals surface area contributed by atoms with Gasteiger partial charge in [-0.3, -0.25) is 14.2 Å². The molecule has 2 heterocycles. The summed E-state index contributed by atoms with van der Waals surface area (Å²) in [5, 5.41) is 14.8. The van der Waals surface area contributed by atoms with Crippen LogP contribution in [0.15, 0.2) is 36.5 Å². The lowest BCUT2D eigenvalue weighted by Gasteiger charge is -2.07.